The third-order valence-corrected chi connectivity index (χ3v) is 4.90. The highest BCUT2D eigenvalue weighted by Gasteiger charge is 2.21. The summed E-state index contributed by atoms with van der Waals surface area (Å²) in [6.45, 7) is 9.71. The van der Waals surface area contributed by atoms with Gasteiger partial charge in [-0.1, -0.05) is 29.8 Å². The van der Waals surface area contributed by atoms with Gasteiger partial charge in [-0.25, -0.2) is 0 Å². The first kappa shape index (κ1) is 18.3. The van der Waals surface area contributed by atoms with E-state index in [0.29, 0.717) is 12.3 Å². The lowest BCUT2D eigenvalue weighted by Gasteiger charge is -2.36. The van der Waals surface area contributed by atoms with Crippen molar-refractivity contribution in [1.82, 2.24) is 4.90 Å². The Hall–Kier alpha value is -2.53. The molecule has 1 aliphatic rings. The number of carbonyl (C=O) groups excluding carboxylic acids is 1. The SMILES string of the molecule is Cc1cc(C)c(NC(=O)CN2CCN(c3ccccc3O)CC2)c(C)c1. The summed E-state index contributed by atoms with van der Waals surface area (Å²) in [7, 11) is 0. The summed E-state index contributed by atoms with van der Waals surface area (Å²) in [5.74, 6) is 0.333. The predicted molar refractivity (Wildman–Crippen MR) is 106 cm³/mol. The number of amides is 1. The third kappa shape index (κ3) is 4.17. The Morgan fingerprint density at radius 2 is 1.65 bits per heavy atom. The number of carbonyl (C=O) groups is 1. The van der Waals surface area contributed by atoms with Crippen molar-refractivity contribution in [3.05, 3.63) is 53.1 Å². The van der Waals surface area contributed by atoms with Gasteiger partial charge in [0.15, 0.2) is 0 Å². The molecule has 3 rings (SSSR count). The fourth-order valence-electron chi connectivity index (χ4n) is 3.64. The van der Waals surface area contributed by atoms with Crippen molar-refractivity contribution in [2.45, 2.75) is 20.8 Å². The lowest BCUT2D eigenvalue weighted by Crippen LogP contribution is -2.48. The number of phenolic OH excluding ortho intramolecular Hbond substituents is 1. The number of nitrogens with one attached hydrogen (secondary N) is 1. The van der Waals surface area contributed by atoms with Crippen molar-refractivity contribution in [3.63, 3.8) is 0 Å². The molecule has 138 valence electrons. The zero-order chi connectivity index (χ0) is 18.7. The molecule has 2 N–H and O–H groups in total. The Labute approximate surface area is 155 Å². The van der Waals surface area contributed by atoms with Crippen LogP contribution in [0.1, 0.15) is 16.7 Å². The maximum Gasteiger partial charge on any atom is 0.238 e. The first-order valence-electron chi connectivity index (χ1n) is 9.07. The van der Waals surface area contributed by atoms with Gasteiger partial charge in [0.05, 0.1) is 12.2 Å². The standard InChI is InChI=1S/C21H27N3O2/c1-15-12-16(2)21(17(3)13-15)22-20(26)14-23-8-10-24(11-9-23)18-6-4-5-7-19(18)25/h4-7,12-13,25H,8-11,14H2,1-3H3,(H,22,26). The lowest BCUT2D eigenvalue weighted by atomic mass is 10.1. The zero-order valence-electron chi connectivity index (χ0n) is 15.7. The van der Waals surface area contributed by atoms with Crippen LogP contribution in [0.4, 0.5) is 11.4 Å². The van der Waals surface area contributed by atoms with Crippen molar-refractivity contribution in [1.29, 1.82) is 0 Å². The average molecular weight is 353 g/mol. The van der Waals surface area contributed by atoms with Crippen LogP contribution in [0.25, 0.3) is 0 Å². The fourth-order valence-corrected chi connectivity index (χ4v) is 3.64. The van der Waals surface area contributed by atoms with Crippen LogP contribution in [-0.2, 0) is 4.79 Å². The van der Waals surface area contributed by atoms with Gasteiger partial charge < -0.3 is 15.3 Å². The number of hydrogen-bond donors (Lipinski definition) is 2. The van der Waals surface area contributed by atoms with E-state index in [9.17, 15) is 9.90 Å². The molecule has 0 aromatic heterocycles. The molecule has 1 amide bonds. The second-order valence-electron chi connectivity index (χ2n) is 7.07. The molecule has 0 spiro atoms. The highest BCUT2D eigenvalue weighted by Crippen LogP contribution is 2.27. The maximum atomic E-state index is 12.5. The van der Waals surface area contributed by atoms with Crippen LogP contribution in [0.2, 0.25) is 0 Å². The van der Waals surface area contributed by atoms with Crippen LogP contribution in [0, 0.1) is 20.8 Å². The Bertz CT molecular complexity index is 773. The van der Waals surface area contributed by atoms with E-state index >= 15 is 0 Å². The monoisotopic (exact) mass is 353 g/mol. The minimum atomic E-state index is 0.0241. The second-order valence-corrected chi connectivity index (χ2v) is 7.07. The zero-order valence-corrected chi connectivity index (χ0v) is 15.7. The summed E-state index contributed by atoms with van der Waals surface area (Å²) in [5.41, 5.74) is 5.19. The van der Waals surface area contributed by atoms with Gasteiger partial charge in [0, 0.05) is 31.9 Å². The number of piperazine rings is 1. The van der Waals surface area contributed by atoms with Crippen molar-refractivity contribution < 1.29 is 9.90 Å². The smallest absolute Gasteiger partial charge is 0.238 e. The number of phenols is 1. The molecule has 1 saturated heterocycles. The Morgan fingerprint density at radius 1 is 1.04 bits per heavy atom. The number of rotatable bonds is 4. The Morgan fingerprint density at radius 3 is 2.27 bits per heavy atom. The van der Waals surface area contributed by atoms with Gasteiger partial charge in [-0.15, -0.1) is 0 Å². The number of aryl methyl sites for hydroxylation is 3. The molecular formula is C21H27N3O2. The van der Waals surface area contributed by atoms with Crippen molar-refractivity contribution in [2.75, 3.05) is 42.9 Å². The maximum absolute atomic E-state index is 12.5. The third-order valence-electron chi connectivity index (χ3n) is 4.90. The summed E-state index contributed by atoms with van der Waals surface area (Å²) in [6.07, 6.45) is 0. The van der Waals surface area contributed by atoms with Crippen molar-refractivity contribution in [2.24, 2.45) is 0 Å². The molecule has 0 bridgehead atoms. The van der Waals surface area contributed by atoms with Crippen molar-refractivity contribution >= 4 is 17.3 Å². The predicted octanol–water partition coefficient (Wildman–Crippen LogP) is 3.08. The highest BCUT2D eigenvalue weighted by molar-refractivity contribution is 5.93. The van der Waals surface area contributed by atoms with Crippen LogP contribution in [0.15, 0.2) is 36.4 Å². The Balaban J connectivity index is 1.55. The summed E-state index contributed by atoms with van der Waals surface area (Å²) < 4.78 is 0. The van der Waals surface area contributed by atoms with Gasteiger partial charge in [0.1, 0.15) is 5.75 Å². The molecule has 0 saturated carbocycles. The van der Waals surface area contributed by atoms with E-state index < -0.39 is 0 Å². The molecule has 2 aromatic rings. The largest absolute Gasteiger partial charge is 0.506 e. The first-order valence-corrected chi connectivity index (χ1v) is 9.07. The van der Waals surface area contributed by atoms with Crippen LogP contribution < -0.4 is 10.2 Å². The minimum absolute atomic E-state index is 0.0241. The van der Waals surface area contributed by atoms with E-state index in [4.69, 9.17) is 0 Å². The van der Waals surface area contributed by atoms with Gasteiger partial charge in [-0.3, -0.25) is 9.69 Å². The number of hydrogen-bond acceptors (Lipinski definition) is 4. The van der Waals surface area contributed by atoms with Gasteiger partial charge in [0.2, 0.25) is 5.91 Å². The van der Waals surface area contributed by atoms with Gasteiger partial charge in [-0.05, 0) is 44.0 Å². The normalized spacial score (nSPS) is 15.1. The molecule has 1 fully saturated rings. The molecule has 0 radical (unpaired) electrons. The quantitative estimate of drug-likeness (QED) is 0.887. The minimum Gasteiger partial charge on any atom is -0.506 e. The molecule has 5 nitrogen and oxygen atoms in total. The lowest BCUT2D eigenvalue weighted by molar-refractivity contribution is -0.117. The topological polar surface area (TPSA) is 55.8 Å². The molecule has 5 heteroatoms. The highest BCUT2D eigenvalue weighted by atomic mass is 16.3. The first-order chi connectivity index (χ1) is 12.4. The van der Waals surface area contributed by atoms with E-state index in [0.717, 1.165) is 48.7 Å². The summed E-state index contributed by atoms with van der Waals surface area (Å²) in [5, 5.41) is 13.1. The van der Waals surface area contributed by atoms with E-state index in [2.05, 4.69) is 34.2 Å². The summed E-state index contributed by atoms with van der Waals surface area (Å²) in [6, 6.07) is 11.6. The van der Waals surface area contributed by atoms with E-state index in [1.54, 1.807) is 6.07 Å². The van der Waals surface area contributed by atoms with E-state index in [1.165, 1.54) is 5.56 Å². The van der Waals surface area contributed by atoms with E-state index in [1.807, 2.05) is 32.0 Å². The van der Waals surface area contributed by atoms with Crippen molar-refractivity contribution in [3.8, 4) is 5.75 Å². The van der Waals surface area contributed by atoms with Crippen LogP contribution in [0.3, 0.4) is 0 Å². The average Bonchev–Trinajstić information content (AvgIpc) is 2.59. The Kier molecular flexibility index (Phi) is 5.47. The molecule has 0 aliphatic carbocycles. The van der Waals surface area contributed by atoms with Crippen LogP contribution >= 0.6 is 0 Å². The number of nitrogens with zero attached hydrogens (tertiary/aromatic N) is 2. The second kappa shape index (κ2) is 7.79. The molecule has 0 atom stereocenters. The van der Waals surface area contributed by atoms with Gasteiger partial charge >= 0.3 is 0 Å². The number of benzene rings is 2. The van der Waals surface area contributed by atoms with Gasteiger partial charge in [-0.2, -0.15) is 0 Å². The molecule has 2 aromatic carbocycles. The van der Waals surface area contributed by atoms with E-state index in [-0.39, 0.29) is 5.91 Å². The molecule has 0 unspecified atom stereocenters. The molecule has 26 heavy (non-hydrogen) atoms. The van der Waals surface area contributed by atoms with Gasteiger partial charge in [0.25, 0.3) is 0 Å². The summed E-state index contributed by atoms with van der Waals surface area (Å²) >= 11 is 0. The van der Waals surface area contributed by atoms with Crippen LogP contribution in [-0.4, -0.2) is 48.6 Å². The van der Waals surface area contributed by atoms with Crippen LogP contribution in [0.5, 0.6) is 5.75 Å². The molecule has 1 aliphatic heterocycles. The number of aromatic hydroxyl groups is 1. The fraction of sp³-hybridized carbons (Fsp3) is 0.381. The molecular weight excluding hydrogens is 326 g/mol. The number of anilines is 2. The molecule has 1 heterocycles. The summed E-state index contributed by atoms with van der Waals surface area (Å²) in [4.78, 5) is 16.8. The number of para-hydroxylation sites is 2.